The third-order valence-corrected chi connectivity index (χ3v) is 5.02. The maximum absolute atomic E-state index is 12.3. The molecule has 2 aromatic carbocycles. The van der Waals surface area contributed by atoms with E-state index >= 15 is 0 Å². The number of carbonyl (C=O) groups is 1. The molecule has 1 fully saturated rings. The summed E-state index contributed by atoms with van der Waals surface area (Å²) in [6, 6.07) is 12.1. The van der Waals surface area contributed by atoms with Crippen LogP contribution in [-0.2, 0) is 4.79 Å². The fourth-order valence-corrected chi connectivity index (χ4v) is 3.47. The number of halogens is 1. The van der Waals surface area contributed by atoms with E-state index in [1.165, 1.54) is 17.0 Å². The highest BCUT2D eigenvalue weighted by Gasteiger charge is 2.23. The van der Waals surface area contributed by atoms with Crippen LogP contribution in [0.1, 0.15) is 5.56 Å². The molecule has 0 spiro atoms. The van der Waals surface area contributed by atoms with Crippen molar-refractivity contribution >= 4 is 34.6 Å². The number of carbonyl (C=O) groups excluding carboxylic acids is 1. The molecule has 0 saturated carbocycles. The maximum Gasteiger partial charge on any atom is 0.279 e. The average molecular weight is 390 g/mol. The van der Waals surface area contributed by atoms with Crippen LogP contribution in [0.4, 0.5) is 17.1 Å². The van der Waals surface area contributed by atoms with E-state index in [9.17, 15) is 14.9 Å². The molecule has 1 aliphatic heterocycles. The maximum atomic E-state index is 12.3. The Kier molecular flexibility index (Phi) is 5.93. The number of rotatable bonds is 5. The van der Waals surface area contributed by atoms with Gasteiger partial charge in [-0.1, -0.05) is 17.7 Å². The average Bonchev–Trinajstić information content (AvgIpc) is 2.65. The minimum Gasteiger partial charge on any atom is -0.360 e. The highest BCUT2D eigenvalue weighted by molar-refractivity contribution is 6.33. The van der Waals surface area contributed by atoms with Crippen molar-refractivity contribution in [2.75, 3.05) is 42.9 Å². The second-order valence-electron chi connectivity index (χ2n) is 6.72. The summed E-state index contributed by atoms with van der Waals surface area (Å²) in [6.07, 6.45) is 0. The molecular formula is C19H22ClN4O3+. The van der Waals surface area contributed by atoms with Gasteiger partial charge in [-0.05, 0) is 36.8 Å². The monoisotopic (exact) mass is 389 g/mol. The van der Waals surface area contributed by atoms with Crippen LogP contribution < -0.4 is 15.1 Å². The molecule has 0 radical (unpaired) electrons. The predicted octanol–water partition coefficient (Wildman–Crippen LogP) is 1.90. The van der Waals surface area contributed by atoms with Gasteiger partial charge in [0.15, 0.2) is 6.54 Å². The van der Waals surface area contributed by atoms with E-state index in [4.69, 9.17) is 11.6 Å². The lowest BCUT2D eigenvalue weighted by molar-refractivity contribution is -0.892. The number of nitro groups is 1. The fraction of sp³-hybridized carbons (Fsp3) is 0.316. The van der Waals surface area contributed by atoms with Crippen molar-refractivity contribution in [1.29, 1.82) is 0 Å². The van der Waals surface area contributed by atoms with Gasteiger partial charge in [0.2, 0.25) is 0 Å². The lowest BCUT2D eigenvalue weighted by Crippen LogP contribution is -3.15. The third kappa shape index (κ3) is 4.96. The molecule has 7 nitrogen and oxygen atoms in total. The van der Waals surface area contributed by atoms with Gasteiger partial charge < -0.3 is 15.1 Å². The molecule has 1 amide bonds. The molecule has 0 aliphatic carbocycles. The Balaban J connectivity index is 1.50. The van der Waals surface area contributed by atoms with E-state index in [-0.39, 0.29) is 11.6 Å². The number of nitrogens with one attached hydrogen (secondary N) is 2. The minimum absolute atomic E-state index is 0.0560. The normalized spacial score (nSPS) is 14.8. The SMILES string of the molecule is Cc1ccc(NC(=O)C[NH+]2CCN(c3ccc([N+](=O)[O-])cc3)CC2)c(Cl)c1. The van der Waals surface area contributed by atoms with Crippen LogP contribution in [0.2, 0.25) is 5.02 Å². The molecule has 2 aromatic rings. The Labute approximate surface area is 162 Å². The molecule has 8 heteroatoms. The molecule has 0 aromatic heterocycles. The summed E-state index contributed by atoms with van der Waals surface area (Å²) in [4.78, 5) is 26.0. The molecule has 1 heterocycles. The number of hydrogen-bond acceptors (Lipinski definition) is 4. The van der Waals surface area contributed by atoms with Crippen molar-refractivity contribution < 1.29 is 14.6 Å². The Morgan fingerprint density at radius 1 is 1.22 bits per heavy atom. The first-order chi connectivity index (χ1) is 12.9. The van der Waals surface area contributed by atoms with Gasteiger partial charge in [0.1, 0.15) is 0 Å². The van der Waals surface area contributed by atoms with Gasteiger partial charge in [-0.15, -0.1) is 0 Å². The highest BCUT2D eigenvalue weighted by Crippen LogP contribution is 2.22. The van der Waals surface area contributed by atoms with E-state index in [2.05, 4.69) is 10.2 Å². The molecule has 27 heavy (non-hydrogen) atoms. The van der Waals surface area contributed by atoms with Crippen molar-refractivity contribution in [3.8, 4) is 0 Å². The summed E-state index contributed by atoms with van der Waals surface area (Å²) in [5.41, 5.74) is 2.74. The highest BCUT2D eigenvalue weighted by atomic mass is 35.5. The van der Waals surface area contributed by atoms with Crippen LogP contribution in [0, 0.1) is 17.0 Å². The van der Waals surface area contributed by atoms with Crippen molar-refractivity contribution in [1.82, 2.24) is 0 Å². The van der Waals surface area contributed by atoms with Gasteiger partial charge in [-0.25, -0.2) is 0 Å². The van der Waals surface area contributed by atoms with Crippen LogP contribution in [0.5, 0.6) is 0 Å². The zero-order chi connectivity index (χ0) is 19.4. The molecule has 0 unspecified atom stereocenters. The lowest BCUT2D eigenvalue weighted by Gasteiger charge is -2.33. The van der Waals surface area contributed by atoms with Gasteiger partial charge in [-0.3, -0.25) is 14.9 Å². The molecule has 2 N–H and O–H groups in total. The fourth-order valence-electron chi connectivity index (χ4n) is 3.19. The van der Waals surface area contributed by atoms with E-state index in [0.29, 0.717) is 17.3 Å². The Bertz CT molecular complexity index is 833. The Hall–Kier alpha value is -2.64. The molecule has 0 bridgehead atoms. The number of quaternary nitrogens is 1. The Morgan fingerprint density at radius 3 is 2.48 bits per heavy atom. The number of amides is 1. The standard InChI is InChI=1S/C19H21ClN4O3/c1-14-2-7-18(17(20)12-14)21-19(25)13-22-8-10-23(11-9-22)15-3-5-16(6-4-15)24(26)27/h2-7,12H,8-11,13H2,1H3,(H,21,25)/p+1. The molecule has 0 atom stereocenters. The van der Waals surface area contributed by atoms with E-state index in [0.717, 1.165) is 37.4 Å². The first-order valence-corrected chi connectivity index (χ1v) is 9.19. The van der Waals surface area contributed by atoms with E-state index in [1.807, 2.05) is 25.1 Å². The third-order valence-electron chi connectivity index (χ3n) is 4.71. The van der Waals surface area contributed by atoms with Crippen LogP contribution in [0.3, 0.4) is 0 Å². The summed E-state index contributed by atoms with van der Waals surface area (Å²) >= 11 is 6.16. The van der Waals surface area contributed by atoms with Gasteiger partial charge in [-0.2, -0.15) is 0 Å². The molecule has 1 saturated heterocycles. The van der Waals surface area contributed by atoms with Crippen LogP contribution in [0.15, 0.2) is 42.5 Å². The number of aryl methyl sites for hydroxylation is 1. The second-order valence-corrected chi connectivity index (χ2v) is 7.13. The van der Waals surface area contributed by atoms with Crippen molar-refractivity contribution in [2.24, 2.45) is 0 Å². The molecule has 3 rings (SSSR count). The van der Waals surface area contributed by atoms with E-state index in [1.54, 1.807) is 12.1 Å². The molecular weight excluding hydrogens is 368 g/mol. The summed E-state index contributed by atoms with van der Waals surface area (Å²) in [7, 11) is 0. The predicted molar refractivity (Wildman–Crippen MR) is 106 cm³/mol. The second kappa shape index (κ2) is 8.37. The molecule has 1 aliphatic rings. The van der Waals surface area contributed by atoms with Crippen LogP contribution in [0.25, 0.3) is 0 Å². The zero-order valence-electron chi connectivity index (χ0n) is 15.1. The summed E-state index contributed by atoms with van der Waals surface area (Å²) in [5, 5.41) is 14.2. The number of anilines is 2. The van der Waals surface area contributed by atoms with Gasteiger partial charge in [0.05, 0.1) is 41.8 Å². The largest absolute Gasteiger partial charge is 0.360 e. The van der Waals surface area contributed by atoms with Crippen LogP contribution >= 0.6 is 11.6 Å². The smallest absolute Gasteiger partial charge is 0.279 e. The van der Waals surface area contributed by atoms with Crippen molar-refractivity contribution in [3.05, 3.63) is 63.2 Å². The number of nitrogens with zero attached hydrogens (tertiary/aromatic N) is 2. The van der Waals surface area contributed by atoms with Crippen LogP contribution in [-0.4, -0.2) is 43.6 Å². The van der Waals surface area contributed by atoms with Gasteiger partial charge in [0.25, 0.3) is 11.6 Å². The van der Waals surface area contributed by atoms with Gasteiger partial charge >= 0.3 is 0 Å². The lowest BCUT2D eigenvalue weighted by atomic mass is 10.2. The summed E-state index contributed by atoms with van der Waals surface area (Å²) in [6.45, 7) is 5.58. The van der Waals surface area contributed by atoms with Gasteiger partial charge in [0, 0.05) is 17.8 Å². The quantitative estimate of drug-likeness (QED) is 0.604. The first-order valence-electron chi connectivity index (χ1n) is 8.81. The topological polar surface area (TPSA) is 79.9 Å². The minimum atomic E-state index is -0.398. The molecule has 142 valence electrons. The van der Waals surface area contributed by atoms with E-state index < -0.39 is 4.92 Å². The number of nitro benzene ring substituents is 1. The van der Waals surface area contributed by atoms with Crippen molar-refractivity contribution in [3.63, 3.8) is 0 Å². The number of piperazine rings is 1. The summed E-state index contributed by atoms with van der Waals surface area (Å²) in [5.74, 6) is -0.0560. The zero-order valence-corrected chi connectivity index (χ0v) is 15.8. The number of non-ortho nitro benzene ring substituents is 1. The number of hydrogen-bond donors (Lipinski definition) is 2. The van der Waals surface area contributed by atoms with Crippen molar-refractivity contribution in [2.45, 2.75) is 6.92 Å². The number of benzene rings is 2. The Morgan fingerprint density at radius 2 is 1.89 bits per heavy atom. The first kappa shape index (κ1) is 19.1. The summed E-state index contributed by atoms with van der Waals surface area (Å²) < 4.78 is 0.